The first-order valence-electron chi connectivity index (χ1n) is 7.89. The number of hydrogen-bond acceptors (Lipinski definition) is 2. The van der Waals surface area contributed by atoms with E-state index in [0.717, 1.165) is 16.7 Å². The van der Waals surface area contributed by atoms with Gasteiger partial charge in [-0.15, -0.1) is 0 Å². The summed E-state index contributed by atoms with van der Waals surface area (Å²) in [6.45, 7) is 4.28. The zero-order valence-electron chi connectivity index (χ0n) is 14.2. The first kappa shape index (κ1) is 18.8. The Hall–Kier alpha value is -2.01. The van der Waals surface area contributed by atoms with E-state index in [-0.39, 0.29) is 5.91 Å². The molecule has 26 heavy (non-hydrogen) atoms. The monoisotopic (exact) mass is 407 g/mol. The lowest BCUT2D eigenvalue weighted by Crippen LogP contribution is -2.14. The molecule has 4 nitrogen and oxygen atoms in total. The molecule has 1 aromatic heterocycles. The second-order valence-electron chi connectivity index (χ2n) is 6.04. The Morgan fingerprint density at radius 1 is 1.04 bits per heavy atom. The number of carbonyl (C=O) groups excluding carboxylic acids is 1. The van der Waals surface area contributed by atoms with Gasteiger partial charge in [0.15, 0.2) is 5.82 Å². The molecule has 1 heterocycles. The van der Waals surface area contributed by atoms with Crippen molar-refractivity contribution in [2.24, 2.45) is 0 Å². The number of halogens is 3. The van der Waals surface area contributed by atoms with Crippen LogP contribution in [-0.4, -0.2) is 15.7 Å². The highest BCUT2D eigenvalue weighted by molar-refractivity contribution is 6.42. The third-order valence-electron chi connectivity index (χ3n) is 3.92. The molecule has 0 aliphatic heterocycles. The third kappa shape index (κ3) is 4.21. The lowest BCUT2D eigenvalue weighted by molar-refractivity contribution is 0.102. The summed E-state index contributed by atoms with van der Waals surface area (Å²) < 4.78 is 1.64. The summed E-state index contributed by atoms with van der Waals surface area (Å²) in [6.07, 6.45) is 1.66. The van der Waals surface area contributed by atoms with Gasteiger partial charge in [0.25, 0.3) is 5.91 Å². The van der Waals surface area contributed by atoms with Gasteiger partial charge in [-0.05, 0) is 43.2 Å². The molecule has 0 aliphatic rings. The minimum Gasteiger partial charge on any atom is -0.304 e. The molecule has 0 saturated carbocycles. The normalized spacial score (nSPS) is 10.8. The summed E-state index contributed by atoms with van der Waals surface area (Å²) >= 11 is 18.2. The van der Waals surface area contributed by atoms with E-state index < -0.39 is 0 Å². The van der Waals surface area contributed by atoms with Gasteiger partial charge in [0.2, 0.25) is 0 Å². The number of benzene rings is 2. The van der Waals surface area contributed by atoms with E-state index in [1.807, 2.05) is 38.1 Å². The van der Waals surface area contributed by atoms with E-state index in [1.165, 1.54) is 0 Å². The van der Waals surface area contributed by atoms with Crippen LogP contribution < -0.4 is 5.32 Å². The minimum absolute atomic E-state index is 0.243. The molecule has 0 spiro atoms. The molecular weight excluding hydrogens is 393 g/mol. The van der Waals surface area contributed by atoms with Crippen molar-refractivity contribution in [3.05, 3.63) is 79.9 Å². The van der Waals surface area contributed by atoms with Crippen LogP contribution in [0.15, 0.2) is 42.6 Å². The number of hydrogen-bond donors (Lipinski definition) is 1. The van der Waals surface area contributed by atoms with Crippen molar-refractivity contribution in [2.75, 3.05) is 5.32 Å². The van der Waals surface area contributed by atoms with Gasteiger partial charge in [-0.25, -0.2) is 0 Å². The van der Waals surface area contributed by atoms with Crippen LogP contribution in [0, 0.1) is 13.8 Å². The number of rotatable bonds is 4. The van der Waals surface area contributed by atoms with Gasteiger partial charge in [-0.2, -0.15) is 5.10 Å². The number of nitrogens with zero attached hydrogens (tertiary/aromatic N) is 2. The highest BCUT2D eigenvalue weighted by atomic mass is 35.5. The molecule has 0 aliphatic carbocycles. The van der Waals surface area contributed by atoms with Crippen molar-refractivity contribution in [3.8, 4) is 0 Å². The highest BCUT2D eigenvalue weighted by Crippen LogP contribution is 2.25. The highest BCUT2D eigenvalue weighted by Gasteiger charge is 2.14. The fourth-order valence-corrected chi connectivity index (χ4v) is 3.06. The molecular formula is C19H16Cl3N3O. The van der Waals surface area contributed by atoms with Crippen LogP contribution >= 0.6 is 34.8 Å². The molecule has 7 heteroatoms. The Morgan fingerprint density at radius 3 is 2.54 bits per heavy atom. The number of nitrogens with one attached hydrogen (secondary N) is 1. The predicted octanol–water partition coefficient (Wildman–Crippen LogP) is 5.76. The van der Waals surface area contributed by atoms with E-state index in [9.17, 15) is 4.79 Å². The SMILES string of the molecule is Cc1ccc(C)c(C(=O)Nc2nn(Cc3ccc(Cl)c(Cl)c3)cc2Cl)c1. The maximum Gasteiger partial charge on any atom is 0.257 e. The van der Waals surface area contributed by atoms with E-state index in [2.05, 4.69) is 10.4 Å². The predicted molar refractivity (Wildman–Crippen MR) is 107 cm³/mol. The molecule has 0 fully saturated rings. The second kappa shape index (κ2) is 7.70. The maximum absolute atomic E-state index is 12.5. The first-order valence-corrected chi connectivity index (χ1v) is 9.02. The number of anilines is 1. The molecule has 2 aromatic carbocycles. The van der Waals surface area contributed by atoms with Gasteiger partial charge in [0.1, 0.15) is 5.02 Å². The topological polar surface area (TPSA) is 46.9 Å². The van der Waals surface area contributed by atoms with Gasteiger partial charge in [0.05, 0.1) is 16.6 Å². The average molecular weight is 409 g/mol. The maximum atomic E-state index is 12.5. The van der Waals surface area contributed by atoms with Crippen molar-refractivity contribution < 1.29 is 4.79 Å². The zero-order chi connectivity index (χ0) is 18.8. The smallest absolute Gasteiger partial charge is 0.257 e. The standard InChI is InChI=1S/C19H16Cl3N3O/c1-11-3-4-12(2)14(7-11)19(26)23-18-17(22)10-25(24-18)9-13-5-6-15(20)16(21)8-13/h3-8,10H,9H2,1-2H3,(H,23,24,26). The summed E-state index contributed by atoms with van der Waals surface area (Å²) in [6, 6.07) is 11.1. The Labute approximate surface area is 166 Å². The van der Waals surface area contributed by atoms with Crippen molar-refractivity contribution in [2.45, 2.75) is 20.4 Å². The van der Waals surface area contributed by atoms with Crippen molar-refractivity contribution in [1.29, 1.82) is 0 Å². The summed E-state index contributed by atoms with van der Waals surface area (Å²) in [4.78, 5) is 12.5. The molecule has 3 rings (SSSR count). The van der Waals surface area contributed by atoms with Crippen LogP contribution in [0.3, 0.4) is 0 Å². The third-order valence-corrected chi connectivity index (χ3v) is 4.93. The molecule has 0 saturated heterocycles. The van der Waals surface area contributed by atoms with Gasteiger partial charge in [0, 0.05) is 11.8 Å². The molecule has 0 atom stereocenters. The van der Waals surface area contributed by atoms with Crippen LogP contribution in [0.4, 0.5) is 5.82 Å². The molecule has 0 bridgehead atoms. The second-order valence-corrected chi connectivity index (χ2v) is 7.27. The summed E-state index contributed by atoms with van der Waals surface area (Å²) in [5.74, 6) is 0.0746. The molecule has 134 valence electrons. The number of aromatic nitrogens is 2. The van der Waals surface area contributed by atoms with Crippen LogP contribution in [0.1, 0.15) is 27.0 Å². The first-order chi connectivity index (χ1) is 12.3. The Bertz CT molecular complexity index is 982. The summed E-state index contributed by atoms with van der Waals surface area (Å²) in [7, 11) is 0. The molecule has 1 amide bonds. The summed E-state index contributed by atoms with van der Waals surface area (Å²) in [5, 5.41) is 8.46. The Morgan fingerprint density at radius 2 is 1.81 bits per heavy atom. The van der Waals surface area contributed by atoms with E-state index in [4.69, 9.17) is 34.8 Å². The molecule has 0 radical (unpaired) electrons. The fraction of sp³-hybridized carbons (Fsp3) is 0.158. The molecule has 1 N–H and O–H groups in total. The van der Waals surface area contributed by atoms with E-state index >= 15 is 0 Å². The Balaban J connectivity index is 1.78. The fourth-order valence-electron chi connectivity index (χ4n) is 2.54. The Kier molecular flexibility index (Phi) is 5.56. The summed E-state index contributed by atoms with van der Waals surface area (Å²) in [5.41, 5.74) is 3.42. The number of carbonyl (C=O) groups is 1. The van der Waals surface area contributed by atoms with Crippen molar-refractivity contribution in [1.82, 2.24) is 9.78 Å². The van der Waals surface area contributed by atoms with Crippen molar-refractivity contribution >= 4 is 46.5 Å². The zero-order valence-corrected chi connectivity index (χ0v) is 16.5. The minimum atomic E-state index is -0.243. The number of aryl methyl sites for hydroxylation is 2. The van der Waals surface area contributed by atoms with Crippen LogP contribution in [0.5, 0.6) is 0 Å². The average Bonchev–Trinajstić information content (AvgIpc) is 2.92. The molecule has 0 unspecified atom stereocenters. The number of amides is 1. The van der Waals surface area contributed by atoms with Gasteiger partial charge >= 0.3 is 0 Å². The lowest BCUT2D eigenvalue weighted by atomic mass is 10.1. The van der Waals surface area contributed by atoms with Gasteiger partial charge in [-0.3, -0.25) is 9.48 Å². The van der Waals surface area contributed by atoms with Crippen LogP contribution in [-0.2, 0) is 6.54 Å². The quantitative estimate of drug-likeness (QED) is 0.596. The van der Waals surface area contributed by atoms with E-state index in [1.54, 1.807) is 23.0 Å². The van der Waals surface area contributed by atoms with Crippen molar-refractivity contribution in [3.63, 3.8) is 0 Å². The van der Waals surface area contributed by atoms with Crippen LogP contribution in [0.25, 0.3) is 0 Å². The lowest BCUT2D eigenvalue weighted by Gasteiger charge is -2.07. The van der Waals surface area contributed by atoms with Crippen LogP contribution in [0.2, 0.25) is 15.1 Å². The van der Waals surface area contributed by atoms with Gasteiger partial charge in [-0.1, -0.05) is 58.6 Å². The molecule has 3 aromatic rings. The largest absolute Gasteiger partial charge is 0.304 e. The van der Waals surface area contributed by atoms with Gasteiger partial charge < -0.3 is 5.32 Å². The van der Waals surface area contributed by atoms with E-state index in [0.29, 0.717) is 33.0 Å².